The van der Waals surface area contributed by atoms with Gasteiger partial charge in [-0.25, -0.2) is 0 Å². The summed E-state index contributed by atoms with van der Waals surface area (Å²) in [5.74, 6) is 1.50. The summed E-state index contributed by atoms with van der Waals surface area (Å²) in [7, 11) is 3.50. The summed E-state index contributed by atoms with van der Waals surface area (Å²) >= 11 is 0. The molecule has 0 bridgehead atoms. The Morgan fingerprint density at radius 1 is 1.29 bits per heavy atom. The van der Waals surface area contributed by atoms with Crippen molar-refractivity contribution in [2.24, 2.45) is 7.05 Å². The number of benzene rings is 1. The van der Waals surface area contributed by atoms with Gasteiger partial charge in [-0.2, -0.15) is 5.10 Å². The Morgan fingerprint density at radius 3 is 2.53 bits per heavy atom. The van der Waals surface area contributed by atoms with Crippen molar-refractivity contribution in [3.05, 3.63) is 29.3 Å². The molecule has 0 saturated carbocycles. The third-order valence-electron chi connectivity index (χ3n) is 2.95. The molecule has 0 radical (unpaired) electrons. The fourth-order valence-electron chi connectivity index (χ4n) is 1.91. The number of anilines is 1. The number of methoxy groups -OCH3 is 1. The second-order valence-electron chi connectivity index (χ2n) is 4.19. The second-order valence-corrected chi connectivity index (χ2v) is 4.19. The summed E-state index contributed by atoms with van der Waals surface area (Å²) in [6.45, 7) is 4.02. The third-order valence-corrected chi connectivity index (χ3v) is 2.95. The van der Waals surface area contributed by atoms with E-state index in [1.54, 1.807) is 11.8 Å². The maximum atomic E-state index is 5.93. The van der Waals surface area contributed by atoms with Crippen LogP contribution in [-0.2, 0) is 7.05 Å². The molecule has 17 heavy (non-hydrogen) atoms. The number of nitrogen functional groups attached to an aromatic ring is 1. The molecule has 4 heteroatoms. The minimum atomic E-state index is 0.684. The van der Waals surface area contributed by atoms with Crippen LogP contribution in [0.1, 0.15) is 11.1 Å². The SMILES string of the molecule is COc1ccc(C)cc1-c1nn(C)c(N)c1C. The van der Waals surface area contributed by atoms with E-state index in [4.69, 9.17) is 10.5 Å². The van der Waals surface area contributed by atoms with Crippen LogP contribution in [0.4, 0.5) is 5.82 Å². The highest BCUT2D eigenvalue weighted by atomic mass is 16.5. The number of hydrogen-bond acceptors (Lipinski definition) is 3. The molecule has 0 amide bonds. The first kappa shape index (κ1) is 11.5. The first-order chi connectivity index (χ1) is 8.04. The molecule has 0 unspecified atom stereocenters. The molecule has 2 aromatic rings. The van der Waals surface area contributed by atoms with E-state index in [9.17, 15) is 0 Å². The van der Waals surface area contributed by atoms with Crippen molar-refractivity contribution >= 4 is 5.82 Å². The molecule has 0 atom stereocenters. The maximum Gasteiger partial charge on any atom is 0.128 e. The molecule has 4 nitrogen and oxygen atoms in total. The highest BCUT2D eigenvalue weighted by Crippen LogP contribution is 2.33. The van der Waals surface area contributed by atoms with Gasteiger partial charge in [-0.05, 0) is 26.0 Å². The molecule has 0 saturated heterocycles. The number of rotatable bonds is 2. The lowest BCUT2D eigenvalue weighted by atomic mass is 10.0. The van der Waals surface area contributed by atoms with Crippen molar-refractivity contribution in [1.29, 1.82) is 0 Å². The summed E-state index contributed by atoms with van der Waals surface area (Å²) < 4.78 is 7.06. The number of nitrogens with zero attached hydrogens (tertiary/aromatic N) is 2. The fourth-order valence-corrected chi connectivity index (χ4v) is 1.91. The molecule has 0 aliphatic rings. The molecule has 0 aliphatic heterocycles. The minimum absolute atomic E-state index is 0.684. The van der Waals surface area contributed by atoms with Crippen LogP contribution in [0, 0.1) is 13.8 Å². The zero-order chi connectivity index (χ0) is 12.6. The van der Waals surface area contributed by atoms with Gasteiger partial charge in [-0.3, -0.25) is 4.68 Å². The van der Waals surface area contributed by atoms with Gasteiger partial charge >= 0.3 is 0 Å². The quantitative estimate of drug-likeness (QED) is 0.862. The molecule has 1 aromatic carbocycles. The van der Waals surface area contributed by atoms with Crippen molar-refractivity contribution in [2.75, 3.05) is 12.8 Å². The molecule has 0 aliphatic carbocycles. The Morgan fingerprint density at radius 2 is 2.00 bits per heavy atom. The molecular weight excluding hydrogens is 214 g/mol. The first-order valence-corrected chi connectivity index (χ1v) is 5.48. The Kier molecular flexibility index (Phi) is 2.79. The van der Waals surface area contributed by atoms with E-state index in [-0.39, 0.29) is 0 Å². The number of ether oxygens (including phenoxy) is 1. The van der Waals surface area contributed by atoms with E-state index in [1.807, 2.05) is 33.0 Å². The van der Waals surface area contributed by atoms with Crippen molar-refractivity contribution in [1.82, 2.24) is 9.78 Å². The molecule has 1 aromatic heterocycles. The van der Waals surface area contributed by atoms with Crippen molar-refractivity contribution < 1.29 is 4.74 Å². The summed E-state index contributed by atoms with van der Waals surface area (Å²) in [5.41, 5.74) is 9.95. The van der Waals surface area contributed by atoms with E-state index in [2.05, 4.69) is 11.2 Å². The first-order valence-electron chi connectivity index (χ1n) is 5.48. The lowest BCUT2D eigenvalue weighted by molar-refractivity contribution is 0.416. The van der Waals surface area contributed by atoms with E-state index >= 15 is 0 Å². The highest BCUT2D eigenvalue weighted by Gasteiger charge is 2.15. The van der Waals surface area contributed by atoms with E-state index in [1.165, 1.54) is 5.56 Å². The lowest BCUT2D eigenvalue weighted by Crippen LogP contribution is -1.97. The van der Waals surface area contributed by atoms with Crippen LogP contribution in [0.5, 0.6) is 5.75 Å². The number of nitrogens with two attached hydrogens (primary N) is 1. The van der Waals surface area contributed by atoms with Crippen LogP contribution in [0.25, 0.3) is 11.3 Å². The van der Waals surface area contributed by atoms with Crippen LogP contribution in [0.15, 0.2) is 18.2 Å². The monoisotopic (exact) mass is 231 g/mol. The zero-order valence-electron chi connectivity index (χ0n) is 10.6. The van der Waals surface area contributed by atoms with Crippen molar-refractivity contribution in [3.63, 3.8) is 0 Å². The number of aryl methyl sites for hydroxylation is 2. The van der Waals surface area contributed by atoms with Gasteiger partial charge in [-0.1, -0.05) is 11.6 Å². The van der Waals surface area contributed by atoms with Gasteiger partial charge in [0, 0.05) is 18.2 Å². The van der Waals surface area contributed by atoms with E-state index < -0.39 is 0 Å². The van der Waals surface area contributed by atoms with Gasteiger partial charge in [0.1, 0.15) is 17.3 Å². The number of hydrogen-bond donors (Lipinski definition) is 1. The molecule has 0 fully saturated rings. The van der Waals surface area contributed by atoms with Crippen LogP contribution in [0.2, 0.25) is 0 Å². The highest BCUT2D eigenvalue weighted by molar-refractivity contribution is 5.73. The predicted octanol–water partition coefficient (Wildman–Crippen LogP) is 2.29. The van der Waals surface area contributed by atoms with Crippen LogP contribution >= 0.6 is 0 Å². The molecule has 0 spiro atoms. The normalized spacial score (nSPS) is 10.6. The second kappa shape index (κ2) is 4.13. The summed E-state index contributed by atoms with van der Waals surface area (Å²) in [4.78, 5) is 0. The lowest BCUT2D eigenvalue weighted by Gasteiger charge is -2.08. The predicted molar refractivity (Wildman–Crippen MR) is 69.1 cm³/mol. The van der Waals surface area contributed by atoms with Gasteiger partial charge in [0.25, 0.3) is 0 Å². The Bertz CT molecular complexity index is 558. The van der Waals surface area contributed by atoms with Crippen LogP contribution in [-0.4, -0.2) is 16.9 Å². The molecule has 90 valence electrons. The Hall–Kier alpha value is -1.97. The molecule has 1 heterocycles. The van der Waals surface area contributed by atoms with E-state index in [0.717, 1.165) is 22.6 Å². The fraction of sp³-hybridized carbons (Fsp3) is 0.308. The van der Waals surface area contributed by atoms with Gasteiger partial charge < -0.3 is 10.5 Å². The summed E-state index contributed by atoms with van der Waals surface area (Å²) in [5, 5.41) is 4.44. The van der Waals surface area contributed by atoms with Gasteiger partial charge in [0.05, 0.1) is 7.11 Å². The topological polar surface area (TPSA) is 53.1 Å². The van der Waals surface area contributed by atoms with Crippen LogP contribution in [0.3, 0.4) is 0 Å². The van der Waals surface area contributed by atoms with E-state index in [0.29, 0.717) is 5.82 Å². The van der Waals surface area contributed by atoms with Crippen LogP contribution < -0.4 is 10.5 Å². The van der Waals surface area contributed by atoms with Crippen molar-refractivity contribution in [2.45, 2.75) is 13.8 Å². The van der Waals surface area contributed by atoms with Gasteiger partial charge in [0.15, 0.2) is 0 Å². The largest absolute Gasteiger partial charge is 0.496 e. The van der Waals surface area contributed by atoms with Crippen molar-refractivity contribution in [3.8, 4) is 17.0 Å². The van der Waals surface area contributed by atoms with Gasteiger partial charge in [-0.15, -0.1) is 0 Å². The third kappa shape index (κ3) is 1.86. The molecular formula is C13H17N3O. The number of aromatic nitrogens is 2. The minimum Gasteiger partial charge on any atom is -0.496 e. The average molecular weight is 231 g/mol. The Labute approximate surface area is 101 Å². The zero-order valence-corrected chi connectivity index (χ0v) is 10.6. The summed E-state index contributed by atoms with van der Waals surface area (Å²) in [6, 6.07) is 6.03. The Balaban J connectivity index is 2.67. The average Bonchev–Trinajstić information content (AvgIpc) is 2.57. The molecule has 2 N–H and O–H groups in total. The standard InChI is InChI=1S/C13H17N3O/c1-8-5-6-11(17-4)10(7-8)12-9(2)13(14)16(3)15-12/h5-7H,14H2,1-4H3. The van der Waals surface area contributed by atoms with Gasteiger partial charge in [0.2, 0.25) is 0 Å². The molecule has 2 rings (SSSR count). The smallest absolute Gasteiger partial charge is 0.128 e. The summed E-state index contributed by atoms with van der Waals surface area (Å²) in [6.07, 6.45) is 0. The maximum absolute atomic E-state index is 5.93.